The highest BCUT2D eigenvalue weighted by atomic mass is 32.1. The number of amides is 1. The molecule has 1 aliphatic rings. The Labute approximate surface area is 169 Å². The SMILES string of the molecule is COc1ccc(C2NC(=S)NC(C)=C2C(=O)Nc2ccc(C)cc2)c(OC)c1. The molecule has 0 spiro atoms. The van der Waals surface area contributed by atoms with Gasteiger partial charge in [0.05, 0.1) is 25.8 Å². The van der Waals surface area contributed by atoms with Crippen LogP contribution < -0.4 is 25.4 Å². The van der Waals surface area contributed by atoms with E-state index in [4.69, 9.17) is 21.7 Å². The summed E-state index contributed by atoms with van der Waals surface area (Å²) >= 11 is 5.32. The van der Waals surface area contributed by atoms with E-state index in [0.29, 0.717) is 27.9 Å². The van der Waals surface area contributed by atoms with Gasteiger partial charge < -0.3 is 25.4 Å². The standard InChI is InChI=1S/C21H23N3O3S/c1-12-5-7-14(8-6-12)23-20(25)18-13(2)22-21(28)24-19(18)16-10-9-15(26-3)11-17(16)27-4/h5-11,19H,1-4H3,(H,23,25)(H2,22,24,28). The number of rotatable bonds is 5. The number of hydrogen-bond donors (Lipinski definition) is 3. The molecule has 2 aromatic carbocycles. The molecule has 0 bridgehead atoms. The van der Waals surface area contributed by atoms with Crippen molar-refractivity contribution >= 4 is 28.9 Å². The van der Waals surface area contributed by atoms with Crippen molar-refractivity contribution in [1.29, 1.82) is 0 Å². The van der Waals surface area contributed by atoms with Gasteiger partial charge in [0.25, 0.3) is 5.91 Å². The molecule has 0 aliphatic carbocycles. The second kappa shape index (κ2) is 8.31. The number of nitrogens with one attached hydrogen (secondary N) is 3. The molecule has 0 saturated carbocycles. The molecule has 0 saturated heterocycles. The Balaban J connectivity index is 1.99. The molecule has 146 valence electrons. The summed E-state index contributed by atoms with van der Waals surface area (Å²) in [6.07, 6.45) is 0. The maximum absolute atomic E-state index is 13.1. The second-order valence-corrected chi connectivity index (χ2v) is 6.91. The van der Waals surface area contributed by atoms with Gasteiger partial charge in [0.1, 0.15) is 11.5 Å². The van der Waals surface area contributed by atoms with Crippen molar-refractivity contribution < 1.29 is 14.3 Å². The van der Waals surface area contributed by atoms with E-state index < -0.39 is 6.04 Å². The van der Waals surface area contributed by atoms with Crippen molar-refractivity contribution in [3.63, 3.8) is 0 Å². The van der Waals surface area contributed by atoms with E-state index in [0.717, 1.165) is 16.8 Å². The van der Waals surface area contributed by atoms with Gasteiger partial charge in [-0.1, -0.05) is 17.7 Å². The fourth-order valence-electron chi connectivity index (χ4n) is 3.12. The van der Waals surface area contributed by atoms with Crippen LogP contribution in [-0.2, 0) is 4.79 Å². The zero-order chi connectivity index (χ0) is 20.3. The average molecular weight is 398 g/mol. The quantitative estimate of drug-likeness (QED) is 0.672. The number of anilines is 1. The van der Waals surface area contributed by atoms with Gasteiger partial charge in [-0.2, -0.15) is 0 Å². The van der Waals surface area contributed by atoms with E-state index in [1.165, 1.54) is 0 Å². The minimum Gasteiger partial charge on any atom is -0.497 e. The summed E-state index contributed by atoms with van der Waals surface area (Å²) in [5.41, 5.74) is 3.87. The van der Waals surface area contributed by atoms with Crippen molar-refractivity contribution in [2.75, 3.05) is 19.5 Å². The largest absolute Gasteiger partial charge is 0.497 e. The first-order valence-corrected chi connectivity index (χ1v) is 9.22. The Morgan fingerprint density at radius 2 is 1.79 bits per heavy atom. The Bertz CT molecular complexity index is 938. The summed E-state index contributed by atoms with van der Waals surface area (Å²) in [5, 5.41) is 9.63. The average Bonchev–Trinajstić information content (AvgIpc) is 2.68. The number of carbonyl (C=O) groups excluding carboxylic acids is 1. The third kappa shape index (κ3) is 4.09. The van der Waals surface area contributed by atoms with Crippen molar-refractivity contribution in [1.82, 2.24) is 10.6 Å². The summed E-state index contributed by atoms with van der Waals surface area (Å²) in [6, 6.07) is 12.7. The summed E-state index contributed by atoms with van der Waals surface area (Å²) in [7, 11) is 3.18. The van der Waals surface area contributed by atoms with Crippen LogP contribution in [-0.4, -0.2) is 25.2 Å². The van der Waals surface area contributed by atoms with Gasteiger partial charge in [0.15, 0.2) is 5.11 Å². The molecule has 1 unspecified atom stereocenters. The minimum absolute atomic E-state index is 0.216. The maximum Gasteiger partial charge on any atom is 0.255 e. The zero-order valence-corrected chi connectivity index (χ0v) is 17.1. The molecule has 28 heavy (non-hydrogen) atoms. The van der Waals surface area contributed by atoms with Crippen LogP contribution in [0.4, 0.5) is 5.69 Å². The van der Waals surface area contributed by atoms with Gasteiger partial charge in [-0.25, -0.2) is 0 Å². The molecule has 1 atom stereocenters. The number of aryl methyl sites for hydroxylation is 1. The molecule has 1 amide bonds. The van der Waals surface area contributed by atoms with Crippen molar-refractivity contribution in [3.8, 4) is 11.5 Å². The molecule has 1 heterocycles. The van der Waals surface area contributed by atoms with Gasteiger partial charge in [-0.05, 0) is 50.3 Å². The van der Waals surface area contributed by atoms with Crippen LogP contribution in [0.5, 0.6) is 11.5 Å². The Morgan fingerprint density at radius 1 is 1.07 bits per heavy atom. The van der Waals surface area contributed by atoms with Crippen LogP contribution in [0.15, 0.2) is 53.7 Å². The predicted octanol–water partition coefficient (Wildman–Crippen LogP) is 3.44. The Kier molecular flexibility index (Phi) is 5.84. The Morgan fingerprint density at radius 3 is 2.43 bits per heavy atom. The van der Waals surface area contributed by atoms with Crippen LogP contribution >= 0.6 is 12.2 Å². The zero-order valence-electron chi connectivity index (χ0n) is 16.3. The van der Waals surface area contributed by atoms with Gasteiger partial charge in [-0.3, -0.25) is 4.79 Å². The first kappa shape index (κ1) is 19.7. The molecule has 2 aromatic rings. The third-order valence-electron chi connectivity index (χ3n) is 4.57. The smallest absolute Gasteiger partial charge is 0.255 e. The van der Waals surface area contributed by atoms with E-state index in [-0.39, 0.29) is 5.91 Å². The van der Waals surface area contributed by atoms with Gasteiger partial charge in [0, 0.05) is 23.0 Å². The molecular formula is C21H23N3O3S. The molecule has 1 aliphatic heterocycles. The first-order valence-electron chi connectivity index (χ1n) is 8.81. The van der Waals surface area contributed by atoms with E-state index in [1.807, 2.05) is 50.2 Å². The molecule has 0 fully saturated rings. The maximum atomic E-state index is 13.1. The molecule has 7 heteroatoms. The lowest BCUT2D eigenvalue weighted by Gasteiger charge is -2.31. The van der Waals surface area contributed by atoms with Crippen LogP contribution in [0, 0.1) is 6.92 Å². The highest BCUT2D eigenvalue weighted by Gasteiger charge is 2.32. The van der Waals surface area contributed by atoms with Crippen molar-refractivity contribution in [2.45, 2.75) is 19.9 Å². The highest BCUT2D eigenvalue weighted by molar-refractivity contribution is 7.80. The molecule has 3 N–H and O–H groups in total. The van der Waals surface area contributed by atoms with Crippen LogP contribution in [0.2, 0.25) is 0 Å². The Hall–Kier alpha value is -3.06. The number of hydrogen-bond acceptors (Lipinski definition) is 4. The number of carbonyl (C=O) groups is 1. The van der Waals surface area contributed by atoms with Crippen LogP contribution in [0.3, 0.4) is 0 Å². The summed E-state index contributed by atoms with van der Waals surface area (Å²) in [6.45, 7) is 3.83. The fourth-order valence-corrected chi connectivity index (χ4v) is 3.39. The molecule has 0 radical (unpaired) electrons. The fraction of sp³-hybridized carbons (Fsp3) is 0.238. The lowest BCUT2D eigenvalue weighted by molar-refractivity contribution is -0.113. The van der Waals surface area contributed by atoms with E-state index in [2.05, 4.69) is 16.0 Å². The van der Waals surface area contributed by atoms with Crippen LogP contribution in [0.1, 0.15) is 24.1 Å². The monoisotopic (exact) mass is 397 g/mol. The predicted molar refractivity (Wildman–Crippen MR) is 114 cm³/mol. The number of thiocarbonyl (C=S) groups is 1. The lowest BCUT2D eigenvalue weighted by Crippen LogP contribution is -2.45. The first-order chi connectivity index (χ1) is 13.4. The normalized spacial score (nSPS) is 16.1. The van der Waals surface area contributed by atoms with Crippen LogP contribution in [0.25, 0.3) is 0 Å². The summed E-state index contributed by atoms with van der Waals surface area (Å²) in [5.74, 6) is 1.06. The van der Waals surface area contributed by atoms with Gasteiger partial charge >= 0.3 is 0 Å². The van der Waals surface area contributed by atoms with E-state index in [1.54, 1.807) is 20.3 Å². The number of methoxy groups -OCH3 is 2. The van der Waals surface area contributed by atoms with E-state index in [9.17, 15) is 4.79 Å². The van der Waals surface area contributed by atoms with E-state index >= 15 is 0 Å². The summed E-state index contributed by atoms with van der Waals surface area (Å²) < 4.78 is 10.8. The molecular weight excluding hydrogens is 374 g/mol. The number of allylic oxidation sites excluding steroid dienone is 1. The second-order valence-electron chi connectivity index (χ2n) is 6.50. The summed E-state index contributed by atoms with van der Waals surface area (Å²) in [4.78, 5) is 13.1. The van der Waals surface area contributed by atoms with Gasteiger partial charge in [0.2, 0.25) is 0 Å². The topological polar surface area (TPSA) is 71.6 Å². The minimum atomic E-state index is -0.458. The number of benzene rings is 2. The lowest BCUT2D eigenvalue weighted by atomic mass is 9.94. The van der Waals surface area contributed by atoms with Crippen molar-refractivity contribution in [2.24, 2.45) is 0 Å². The van der Waals surface area contributed by atoms with Crippen molar-refractivity contribution in [3.05, 3.63) is 64.9 Å². The third-order valence-corrected chi connectivity index (χ3v) is 4.79. The van der Waals surface area contributed by atoms with Gasteiger partial charge in [-0.15, -0.1) is 0 Å². The molecule has 3 rings (SSSR count). The molecule has 6 nitrogen and oxygen atoms in total. The molecule has 0 aromatic heterocycles. The number of ether oxygens (including phenoxy) is 2. The highest BCUT2D eigenvalue weighted by Crippen LogP contribution is 2.35.